The standard InChI is InChI=1S/C19H25N3O4/c1-3-13(2)22-16(17-5-4-10-26-17)12-21-19(25)20-11-14-6-8-15(9-7-14)18(23)24/h4-10,13,16,22H,3,11-12H2,1-2H3,(H,23,24)(H2,20,21,25). The third-order valence-electron chi connectivity index (χ3n) is 4.11. The molecule has 0 saturated heterocycles. The number of carbonyl (C=O) groups excluding carboxylic acids is 1. The molecule has 0 spiro atoms. The summed E-state index contributed by atoms with van der Waals surface area (Å²) in [4.78, 5) is 22.9. The highest BCUT2D eigenvalue weighted by Gasteiger charge is 2.17. The minimum Gasteiger partial charge on any atom is -0.478 e. The fourth-order valence-electron chi connectivity index (χ4n) is 2.40. The lowest BCUT2D eigenvalue weighted by molar-refractivity contribution is 0.0697. The number of hydrogen-bond acceptors (Lipinski definition) is 4. The monoisotopic (exact) mass is 359 g/mol. The van der Waals surface area contributed by atoms with E-state index in [1.165, 1.54) is 12.1 Å². The van der Waals surface area contributed by atoms with Crippen molar-refractivity contribution in [3.8, 4) is 0 Å². The van der Waals surface area contributed by atoms with Crippen molar-refractivity contribution in [2.45, 2.75) is 38.9 Å². The molecule has 4 N–H and O–H groups in total. The second-order valence-corrected chi connectivity index (χ2v) is 6.11. The van der Waals surface area contributed by atoms with Gasteiger partial charge >= 0.3 is 12.0 Å². The van der Waals surface area contributed by atoms with Crippen LogP contribution in [0.5, 0.6) is 0 Å². The minimum absolute atomic E-state index is 0.111. The van der Waals surface area contributed by atoms with Gasteiger partial charge in [-0.15, -0.1) is 0 Å². The average Bonchev–Trinajstić information content (AvgIpc) is 3.18. The van der Waals surface area contributed by atoms with Gasteiger partial charge in [0.1, 0.15) is 5.76 Å². The molecule has 140 valence electrons. The van der Waals surface area contributed by atoms with Gasteiger partial charge in [0.25, 0.3) is 0 Å². The van der Waals surface area contributed by atoms with Crippen LogP contribution in [-0.2, 0) is 6.54 Å². The molecule has 26 heavy (non-hydrogen) atoms. The molecule has 0 saturated carbocycles. The summed E-state index contributed by atoms with van der Waals surface area (Å²) in [6.07, 6.45) is 2.58. The molecule has 0 bridgehead atoms. The lowest BCUT2D eigenvalue weighted by Gasteiger charge is -2.21. The number of nitrogens with one attached hydrogen (secondary N) is 3. The number of urea groups is 1. The predicted octanol–water partition coefficient (Wildman–Crippen LogP) is 2.91. The van der Waals surface area contributed by atoms with Crippen LogP contribution in [-0.4, -0.2) is 29.7 Å². The Bertz CT molecular complexity index is 698. The molecule has 7 nitrogen and oxygen atoms in total. The van der Waals surface area contributed by atoms with Gasteiger partial charge in [-0.25, -0.2) is 9.59 Å². The third-order valence-corrected chi connectivity index (χ3v) is 4.11. The molecule has 2 atom stereocenters. The fraction of sp³-hybridized carbons (Fsp3) is 0.368. The number of carboxylic acids is 1. The van der Waals surface area contributed by atoms with Crippen molar-refractivity contribution in [2.24, 2.45) is 0 Å². The highest BCUT2D eigenvalue weighted by Crippen LogP contribution is 2.14. The summed E-state index contributed by atoms with van der Waals surface area (Å²) in [7, 11) is 0. The first-order chi connectivity index (χ1) is 12.5. The van der Waals surface area contributed by atoms with Gasteiger partial charge in [0.15, 0.2) is 0 Å². The fourth-order valence-corrected chi connectivity index (χ4v) is 2.40. The zero-order valence-electron chi connectivity index (χ0n) is 15.0. The van der Waals surface area contributed by atoms with E-state index in [-0.39, 0.29) is 17.6 Å². The molecule has 1 aromatic carbocycles. The van der Waals surface area contributed by atoms with Crippen LogP contribution in [0.3, 0.4) is 0 Å². The van der Waals surface area contributed by atoms with Crippen LogP contribution >= 0.6 is 0 Å². The number of furan rings is 1. The van der Waals surface area contributed by atoms with E-state index in [0.717, 1.165) is 17.7 Å². The van der Waals surface area contributed by atoms with Crippen molar-refractivity contribution in [1.29, 1.82) is 0 Å². The largest absolute Gasteiger partial charge is 0.478 e. The van der Waals surface area contributed by atoms with Crippen molar-refractivity contribution < 1.29 is 19.1 Å². The van der Waals surface area contributed by atoms with E-state index in [0.29, 0.717) is 19.1 Å². The third kappa shape index (κ3) is 5.93. The second-order valence-electron chi connectivity index (χ2n) is 6.11. The van der Waals surface area contributed by atoms with Crippen molar-refractivity contribution in [3.63, 3.8) is 0 Å². The topological polar surface area (TPSA) is 104 Å². The lowest BCUT2D eigenvalue weighted by Crippen LogP contribution is -2.42. The Morgan fingerprint density at radius 1 is 1.15 bits per heavy atom. The maximum Gasteiger partial charge on any atom is 0.335 e. The van der Waals surface area contributed by atoms with Crippen LogP contribution in [0.4, 0.5) is 4.79 Å². The summed E-state index contributed by atoms with van der Waals surface area (Å²) < 4.78 is 5.45. The van der Waals surface area contributed by atoms with E-state index >= 15 is 0 Å². The summed E-state index contributed by atoms with van der Waals surface area (Å²) in [5.74, 6) is -0.199. The molecule has 0 radical (unpaired) electrons. The number of carbonyl (C=O) groups is 2. The normalized spacial score (nSPS) is 13.0. The van der Waals surface area contributed by atoms with Gasteiger partial charge in [0, 0.05) is 19.1 Å². The zero-order chi connectivity index (χ0) is 18.9. The summed E-state index contributed by atoms with van der Waals surface area (Å²) in [6, 6.07) is 9.98. The Morgan fingerprint density at radius 3 is 2.46 bits per heavy atom. The molecule has 1 heterocycles. The van der Waals surface area contributed by atoms with E-state index < -0.39 is 5.97 Å². The smallest absolute Gasteiger partial charge is 0.335 e. The molecule has 0 fully saturated rings. The van der Waals surface area contributed by atoms with Crippen LogP contribution in [0.25, 0.3) is 0 Å². The highest BCUT2D eigenvalue weighted by molar-refractivity contribution is 5.87. The number of carboxylic acid groups (broad SMARTS) is 1. The molecule has 7 heteroatoms. The van der Waals surface area contributed by atoms with Crippen LogP contribution in [0, 0.1) is 0 Å². The first-order valence-electron chi connectivity index (χ1n) is 8.63. The van der Waals surface area contributed by atoms with E-state index in [4.69, 9.17) is 9.52 Å². The number of hydrogen-bond donors (Lipinski definition) is 4. The van der Waals surface area contributed by atoms with Gasteiger partial charge in [-0.05, 0) is 43.2 Å². The Kier molecular flexibility index (Phi) is 7.23. The number of aromatic carboxylic acids is 1. The molecule has 2 rings (SSSR count). The number of rotatable bonds is 9. The van der Waals surface area contributed by atoms with E-state index in [9.17, 15) is 9.59 Å². The summed E-state index contributed by atoms with van der Waals surface area (Å²) in [5.41, 5.74) is 1.04. The highest BCUT2D eigenvalue weighted by atomic mass is 16.4. The molecular weight excluding hydrogens is 334 g/mol. The molecule has 0 aliphatic rings. The van der Waals surface area contributed by atoms with Crippen LogP contribution in [0.15, 0.2) is 47.1 Å². The van der Waals surface area contributed by atoms with Gasteiger partial charge in [-0.2, -0.15) is 0 Å². The first kappa shape index (κ1) is 19.5. The Balaban J connectivity index is 1.82. The average molecular weight is 359 g/mol. The number of benzene rings is 1. The Hall–Kier alpha value is -2.80. The summed E-state index contributed by atoms with van der Waals surface area (Å²) in [5, 5.41) is 17.9. The van der Waals surface area contributed by atoms with Crippen LogP contribution < -0.4 is 16.0 Å². The Morgan fingerprint density at radius 2 is 1.88 bits per heavy atom. The van der Waals surface area contributed by atoms with Crippen molar-refractivity contribution in [3.05, 3.63) is 59.5 Å². The predicted molar refractivity (Wildman–Crippen MR) is 98.0 cm³/mol. The van der Waals surface area contributed by atoms with Gasteiger partial charge in [-0.1, -0.05) is 19.1 Å². The second kappa shape index (κ2) is 9.62. The van der Waals surface area contributed by atoms with Crippen molar-refractivity contribution in [2.75, 3.05) is 6.54 Å². The first-order valence-corrected chi connectivity index (χ1v) is 8.63. The molecule has 2 amide bonds. The molecule has 1 aromatic heterocycles. The van der Waals surface area contributed by atoms with E-state index in [1.807, 2.05) is 12.1 Å². The van der Waals surface area contributed by atoms with Gasteiger partial charge in [0.05, 0.1) is 17.9 Å². The van der Waals surface area contributed by atoms with Gasteiger partial charge < -0.3 is 25.5 Å². The SMILES string of the molecule is CCC(C)NC(CNC(=O)NCc1ccc(C(=O)O)cc1)c1ccco1. The molecule has 2 aromatic rings. The van der Waals surface area contributed by atoms with E-state index in [2.05, 4.69) is 29.8 Å². The van der Waals surface area contributed by atoms with Gasteiger partial charge in [0.2, 0.25) is 0 Å². The zero-order valence-corrected chi connectivity index (χ0v) is 15.0. The molecular formula is C19H25N3O4. The number of amides is 2. The summed E-state index contributed by atoms with van der Waals surface area (Å²) >= 11 is 0. The summed E-state index contributed by atoms with van der Waals surface area (Å²) in [6.45, 7) is 4.88. The molecule has 0 aliphatic heterocycles. The van der Waals surface area contributed by atoms with Crippen molar-refractivity contribution in [1.82, 2.24) is 16.0 Å². The molecule has 0 aliphatic carbocycles. The molecule has 2 unspecified atom stereocenters. The van der Waals surface area contributed by atoms with Gasteiger partial charge in [-0.3, -0.25) is 0 Å². The minimum atomic E-state index is -0.972. The van der Waals surface area contributed by atoms with E-state index in [1.54, 1.807) is 18.4 Å². The quantitative estimate of drug-likeness (QED) is 0.551. The maximum atomic E-state index is 12.0. The lowest BCUT2D eigenvalue weighted by atomic mass is 10.1. The van der Waals surface area contributed by atoms with Crippen LogP contribution in [0.2, 0.25) is 0 Å². The Labute approximate surface area is 152 Å². The maximum absolute atomic E-state index is 12.0. The van der Waals surface area contributed by atoms with Crippen molar-refractivity contribution >= 4 is 12.0 Å². The van der Waals surface area contributed by atoms with Crippen LogP contribution in [0.1, 0.15) is 48.0 Å².